The monoisotopic (exact) mass is 339 g/mol. The summed E-state index contributed by atoms with van der Waals surface area (Å²) in [5, 5.41) is 8.16. The minimum absolute atomic E-state index is 0.00106. The van der Waals surface area contributed by atoms with Crippen LogP contribution in [0, 0.1) is 0 Å². The summed E-state index contributed by atoms with van der Waals surface area (Å²) in [6.45, 7) is 2.30. The summed E-state index contributed by atoms with van der Waals surface area (Å²) in [6.07, 6.45) is 4.52. The molecule has 6 nitrogen and oxygen atoms in total. The van der Waals surface area contributed by atoms with Gasteiger partial charge in [0.2, 0.25) is 15.9 Å². The van der Waals surface area contributed by atoms with Crippen molar-refractivity contribution in [2.45, 2.75) is 49.6 Å². The zero-order valence-electron chi connectivity index (χ0n) is 13.7. The molecule has 0 heterocycles. The summed E-state index contributed by atoms with van der Waals surface area (Å²) in [5.41, 5.74) is 0.938. The first-order chi connectivity index (χ1) is 10.8. The van der Waals surface area contributed by atoms with E-state index in [1.165, 1.54) is 25.0 Å². The van der Waals surface area contributed by atoms with E-state index in [0.29, 0.717) is 12.6 Å². The van der Waals surface area contributed by atoms with Gasteiger partial charge in [0.1, 0.15) is 0 Å². The summed E-state index contributed by atoms with van der Waals surface area (Å²) in [6, 6.07) is 6.77. The lowest BCUT2D eigenvalue weighted by molar-refractivity contribution is -0.123. The Kier molecular flexibility index (Phi) is 5.78. The molecule has 3 N–H and O–H groups in total. The molecular formula is C16H25N3O3S. The molecule has 1 aromatic carbocycles. The normalized spacial score (nSPS) is 17.4. The number of sulfonamides is 1. The number of likely N-dealkylation sites (N-methyl/N-ethyl adjacent to an activating group) is 1. The molecule has 0 saturated heterocycles. The molecular weight excluding hydrogens is 314 g/mol. The maximum Gasteiger partial charge on any atom is 0.238 e. The first-order valence-corrected chi connectivity index (χ1v) is 9.44. The van der Waals surface area contributed by atoms with Gasteiger partial charge in [-0.3, -0.25) is 9.69 Å². The van der Waals surface area contributed by atoms with Crippen LogP contribution in [-0.4, -0.2) is 38.9 Å². The number of hydrogen-bond acceptors (Lipinski definition) is 4. The Balaban J connectivity index is 1.93. The van der Waals surface area contributed by atoms with Crippen LogP contribution in [0.15, 0.2) is 29.2 Å². The fourth-order valence-corrected chi connectivity index (χ4v) is 3.41. The molecule has 1 fully saturated rings. The Bertz CT molecular complexity index is 637. The van der Waals surface area contributed by atoms with Crippen LogP contribution in [0.1, 0.15) is 44.2 Å². The zero-order valence-corrected chi connectivity index (χ0v) is 14.5. The van der Waals surface area contributed by atoms with Crippen LogP contribution in [0.3, 0.4) is 0 Å². The number of primary sulfonamides is 1. The second-order valence-corrected chi connectivity index (χ2v) is 7.82. The van der Waals surface area contributed by atoms with Crippen molar-refractivity contribution in [3.8, 4) is 0 Å². The van der Waals surface area contributed by atoms with E-state index in [2.05, 4.69) is 5.32 Å². The van der Waals surface area contributed by atoms with Gasteiger partial charge < -0.3 is 5.32 Å². The second-order valence-electron chi connectivity index (χ2n) is 6.25. The third-order valence-electron chi connectivity index (χ3n) is 4.47. The maximum atomic E-state index is 12.1. The van der Waals surface area contributed by atoms with Crippen molar-refractivity contribution in [3.63, 3.8) is 0 Å². The molecule has 1 aliphatic carbocycles. The van der Waals surface area contributed by atoms with E-state index in [1.807, 2.05) is 18.9 Å². The Morgan fingerprint density at radius 3 is 2.39 bits per heavy atom. The van der Waals surface area contributed by atoms with Crippen molar-refractivity contribution in [3.05, 3.63) is 29.8 Å². The predicted molar refractivity (Wildman–Crippen MR) is 89.3 cm³/mol. The van der Waals surface area contributed by atoms with E-state index in [9.17, 15) is 13.2 Å². The molecule has 0 spiro atoms. The minimum Gasteiger partial charge on any atom is -0.352 e. The highest BCUT2D eigenvalue weighted by Gasteiger charge is 2.20. The molecule has 0 radical (unpaired) electrons. The lowest BCUT2D eigenvalue weighted by atomic mass is 10.1. The molecule has 1 saturated carbocycles. The molecule has 128 valence electrons. The van der Waals surface area contributed by atoms with Crippen LogP contribution in [0.5, 0.6) is 0 Å². The lowest BCUT2D eigenvalue weighted by Gasteiger charge is -2.25. The molecule has 0 aliphatic heterocycles. The van der Waals surface area contributed by atoms with Gasteiger partial charge in [0.15, 0.2) is 0 Å². The molecule has 1 unspecified atom stereocenters. The van der Waals surface area contributed by atoms with Crippen LogP contribution in [0.25, 0.3) is 0 Å². The SMILES string of the molecule is CC(c1ccc(S(N)(=O)=O)cc1)N(C)CC(=O)NC1CCCC1. The maximum absolute atomic E-state index is 12.1. The Hall–Kier alpha value is -1.44. The van der Waals surface area contributed by atoms with Crippen LogP contribution >= 0.6 is 0 Å². The standard InChI is InChI=1S/C16H25N3O3S/c1-12(13-7-9-15(10-8-13)23(17,21)22)19(2)11-16(20)18-14-5-3-4-6-14/h7-10,12,14H,3-6,11H2,1-2H3,(H,18,20)(H2,17,21,22). The second kappa shape index (κ2) is 7.42. The highest BCUT2D eigenvalue weighted by molar-refractivity contribution is 7.89. The van der Waals surface area contributed by atoms with Gasteiger partial charge in [0.25, 0.3) is 0 Å². The molecule has 23 heavy (non-hydrogen) atoms. The quantitative estimate of drug-likeness (QED) is 0.819. The van der Waals surface area contributed by atoms with Crippen LogP contribution < -0.4 is 10.5 Å². The summed E-state index contributed by atoms with van der Waals surface area (Å²) in [7, 11) is -1.79. The molecule has 1 amide bonds. The fraction of sp³-hybridized carbons (Fsp3) is 0.562. The van der Waals surface area contributed by atoms with Crippen molar-refractivity contribution >= 4 is 15.9 Å². The zero-order chi connectivity index (χ0) is 17.0. The van der Waals surface area contributed by atoms with E-state index in [-0.39, 0.29) is 16.8 Å². The number of nitrogens with zero attached hydrogens (tertiary/aromatic N) is 1. The number of carbonyl (C=O) groups excluding carboxylic acids is 1. The molecule has 0 aromatic heterocycles. The number of nitrogens with two attached hydrogens (primary N) is 1. The third kappa shape index (κ3) is 5.02. The predicted octanol–water partition coefficient (Wildman–Crippen LogP) is 1.39. The molecule has 7 heteroatoms. The Labute approximate surface area is 138 Å². The van der Waals surface area contributed by atoms with Gasteiger partial charge in [-0.1, -0.05) is 25.0 Å². The van der Waals surface area contributed by atoms with E-state index in [1.54, 1.807) is 12.1 Å². The van der Waals surface area contributed by atoms with Gasteiger partial charge in [-0.05, 0) is 44.5 Å². The van der Waals surface area contributed by atoms with Crippen molar-refractivity contribution in [1.82, 2.24) is 10.2 Å². The smallest absolute Gasteiger partial charge is 0.238 e. The van der Waals surface area contributed by atoms with Gasteiger partial charge in [-0.25, -0.2) is 13.6 Å². The van der Waals surface area contributed by atoms with Gasteiger partial charge >= 0.3 is 0 Å². The summed E-state index contributed by atoms with van der Waals surface area (Å²) < 4.78 is 22.5. The Morgan fingerprint density at radius 1 is 1.30 bits per heavy atom. The highest BCUT2D eigenvalue weighted by Crippen LogP contribution is 2.21. The van der Waals surface area contributed by atoms with E-state index in [4.69, 9.17) is 5.14 Å². The van der Waals surface area contributed by atoms with Crippen molar-refractivity contribution in [2.75, 3.05) is 13.6 Å². The van der Waals surface area contributed by atoms with Crippen LogP contribution in [0.2, 0.25) is 0 Å². The number of amides is 1. The van der Waals surface area contributed by atoms with Gasteiger partial charge in [0, 0.05) is 12.1 Å². The number of hydrogen-bond donors (Lipinski definition) is 2. The summed E-state index contributed by atoms with van der Waals surface area (Å²) in [5.74, 6) is 0.0346. The summed E-state index contributed by atoms with van der Waals surface area (Å²) in [4.78, 5) is 14.1. The third-order valence-corrected chi connectivity index (χ3v) is 5.39. The van der Waals surface area contributed by atoms with E-state index >= 15 is 0 Å². The molecule has 2 rings (SSSR count). The van der Waals surface area contributed by atoms with Crippen molar-refractivity contribution in [1.29, 1.82) is 0 Å². The molecule has 0 bridgehead atoms. The lowest BCUT2D eigenvalue weighted by Crippen LogP contribution is -2.40. The number of carbonyl (C=O) groups is 1. The number of nitrogens with one attached hydrogen (secondary N) is 1. The first-order valence-electron chi connectivity index (χ1n) is 7.90. The average molecular weight is 339 g/mol. The van der Waals surface area contributed by atoms with Gasteiger partial charge in [-0.15, -0.1) is 0 Å². The number of rotatable bonds is 6. The largest absolute Gasteiger partial charge is 0.352 e. The van der Waals surface area contributed by atoms with Crippen molar-refractivity contribution in [2.24, 2.45) is 5.14 Å². The van der Waals surface area contributed by atoms with Crippen LogP contribution in [0.4, 0.5) is 0 Å². The van der Waals surface area contributed by atoms with E-state index in [0.717, 1.165) is 18.4 Å². The molecule has 1 aliphatic rings. The first kappa shape index (κ1) is 17.9. The van der Waals surface area contributed by atoms with E-state index < -0.39 is 10.0 Å². The number of benzene rings is 1. The molecule has 1 atom stereocenters. The minimum atomic E-state index is -3.68. The average Bonchev–Trinajstić information content (AvgIpc) is 2.98. The van der Waals surface area contributed by atoms with Gasteiger partial charge in [0.05, 0.1) is 11.4 Å². The fourth-order valence-electron chi connectivity index (χ4n) is 2.90. The van der Waals surface area contributed by atoms with Crippen LogP contribution in [-0.2, 0) is 14.8 Å². The Morgan fingerprint density at radius 2 is 1.87 bits per heavy atom. The molecule has 1 aromatic rings. The van der Waals surface area contributed by atoms with Crippen molar-refractivity contribution < 1.29 is 13.2 Å². The highest BCUT2D eigenvalue weighted by atomic mass is 32.2. The van der Waals surface area contributed by atoms with Gasteiger partial charge in [-0.2, -0.15) is 0 Å². The summed E-state index contributed by atoms with van der Waals surface area (Å²) >= 11 is 0. The topological polar surface area (TPSA) is 92.5 Å².